The van der Waals surface area contributed by atoms with E-state index in [0.717, 1.165) is 25.7 Å². The van der Waals surface area contributed by atoms with Gasteiger partial charge in [-0.1, -0.05) is 45.4 Å². The molecule has 2 aliphatic carbocycles. The molecule has 0 aromatic carbocycles. The second-order valence-corrected chi connectivity index (χ2v) is 6.85. The molecule has 0 radical (unpaired) electrons. The van der Waals surface area contributed by atoms with Crippen LogP contribution in [0.3, 0.4) is 0 Å². The Balaban J connectivity index is 2.34. The minimum Gasteiger partial charge on any atom is -0.211 e. The zero-order valence-electron chi connectivity index (χ0n) is 13.0. The summed E-state index contributed by atoms with van der Waals surface area (Å²) >= 11 is 0. The molecular formula is C17H26N2O2. The third-order valence-electron chi connectivity index (χ3n) is 5.88. The van der Waals surface area contributed by atoms with E-state index in [-0.39, 0.29) is 5.41 Å². The lowest BCUT2D eigenvalue weighted by atomic mass is 9.58. The van der Waals surface area contributed by atoms with Gasteiger partial charge in [0.25, 0.3) is 0 Å². The van der Waals surface area contributed by atoms with Gasteiger partial charge in [0, 0.05) is 5.41 Å². The molecule has 2 rings (SSSR count). The van der Waals surface area contributed by atoms with Crippen LogP contribution in [-0.4, -0.2) is 18.3 Å². The first-order chi connectivity index (χ1) is 10.2. The Morgan fingerprint density at radius 1 is 0.810 bits per heavy atom. The molecule has 0 heterocycles. The van der Waals surface area contributed by atoms with Gasteiger partial charge < -0.3 is 0 Å². The van der Waals surface area contributed by atoms with E-state index in [4.69, 9.17) is 0 Å². The molecule has 4 heteroatoms. The van der Waals surface area contributed by atoms with E-state index in [1.807, 2.05) is 0 Å². The van der Waals surface area contributed by atoms with E-state index in [0.29, 0.717) is 11.8 Å². The Kier molecular flexibility index (Phi) is 5.90. The highest BCUT2D eigenvalue weighted by atomic mass is 16.1. The average molecular weight is 290 g/mol. The van der Waals surface area contributed by atoms with E-state index < -0.39 is 6.17 Å². The first kappa shape index (κ1) is 16.1. The quantitative estimate of drug-likeness (QED) is 0.564. The Morgan fingerprint density at radius 2 is 1.19 bits per heavy atom. The maximum Gasteiger partial charge on any atom is 0.237 e. The summed E-state index contributed by atoms with van der Waals surface area (Å²) in [6.07, 6.45) is 14.8. The van der Waals surface area contributed by atoms with Crippen LogP contribution < -0.4 is 0 Å². The maximum atomic E-state index is 10.8. The Morgan fingerprint density at radius 3 is 1.52 bits per heavy atom. The van der Waals surface area contributed by atoms with Crippen molar-refractivity contribution in [1.82, 2.24) is 0 Å². The smallest absolute Gasteiger partial charge is 0.211 e. The third kappa shape index (κ3) is 3.51. The van der Waals surface area contributed by atoms with Gasteiger partial charge in [-0.05, 0) is 37.5 Å². The monoisotopic (exact) mass is 290 g/mol. The highest BCUT2D eigenvalue weighted by Gasteiger charge is 2.48. The van der Waals surface area contributed by atoms with Crippen molar-refractivity contribution >= 4 is 12.2 Å². The summed E-state index contributed by atoms with van der Waals surface area (Å²) in [6, 6.07) is 0. The van der Waals surface area contributed by atoms with Gasteiger partial charge in [-0.25, -0.2) is 9.59 Å². The Hall–Kier alpha value is -1.24. The summed E-state index contributed by atoms with van der Waals surface area (Å²) in [4.78, 5) is 29.4. The lowest BCUT2D eigenvalue weighted by Gasteiger charge is -2.48. The third-order valence-corrected chi connectivity index (χ3v) is 5.88. The predicted molar refractivity (Wildman–Crippen MR) is 81.3 cm³/mol. The van der Waals surface area contributed by atoms with Crippen LogP contribution in [0.1, 0.15) is 71.1 Å². The van der Waals surface area contributed by atoms with Crippen LogP contribution in [0.5, 0.6) is 0 Å². The van der Waals surface area contributed by atoms with Crippen LogP contribution in [0.15, 0.2) is 9.98 Å². The molecule has 4 nitrogen and oxygen atoms in total. The van der Waals surface area contributed by atoms with Gasteiger partial charge in [0.1, 0.15) is 0 Å². The molecule has 0 amide bonds. The van der Waals surface area contributed by atoms with Crippen LogP contribution >= 0.6 is 0 Å². The summed E-state index contributed by atoms with van der Waals surface area (Å²) in [5.74, 6) is 0.988. The largest absolute Gasteiger partial charge is 0.237 e. The fraction of sp³-hybridized carbons (Fsp3) is 0.882. The number of aliphatic imine (C=N–C) groups is 2. The number of hydrogen-bond acceptors (Lipinski definition) is 4. The topological polar surface area (TPSA) is 58.9 Å². The molecule has 0 aromatic rings. The fourth-order valence-corrected chi connectivity index (χ4v) is 4.61. The Bertz CT molecular complexity index is 388. The van der Waals surface area contributed by atoms with Crippen LogP contribution in [0.2, 0.25) is 0 Å². The highest BCUT2D eigenvalue weighted by Crippen LogP contribution is 2.51. The lowest BCUT2D eigenvalue weighted by molar-refractivity contribution is 0.0181. The van der Waals surface area contributed by atoms with Crippen LogP contribution in [0.25, 0.3) is 0 Å². The number of isocyanates is 2. The van der Waals surface area contributed by atoms with E-state index in [2.05, 4.69) is 16.9 Å². The number of hydrogen-bond donors (Lipinski definition) is 0. The maximum absolute atomic E-state index is 10.8. The second-order valence-electron chi connectivity index (χ2n) is 6.85. The van der Waals surface area contributed by atoms with Gasteiger partial charge in [0.05, 0.1) is 0 Å². The molecule has 116 valence electrons. The van der Waals surface area contributed by atoms with Gasteiger partial charge in [0.15, 0.2) is 6.17 Å². The molecule has 21 heavy (non-hydrogen) atoms. The van der Waals surface area contributed by atoms with Crippen molar-refractivity contribution in [3.8, 4) is 0 Å². The predicted octanol–water partition coefficient (Wildman–Crippen LogP) is 4.15. The van der Waals surface area contributed by atoms with E-state index in [1.54, 1.807) is 12.2 Å². The van der Waals surface area contributed by atoms with Gasteiger partial charge in [0.2, 0.25) is 12.2 Å². The SMILES string of the molecule is CC(C1CCCCC1)(C1CCCCC1)C(N=C=O)N=C=O. The van der Waals surface area contributed by atoms with Crippen LogP contribution in [0.4, 0.5) is 0 Å². The van der Waals surface area contributed by atoms with E-state index in [9.17, 15) is 9.59 Å². The van der Waals surface area contributed by atoms with Crippen molar-refractivity contribution in [2.75, 3.05) is 0 Å². The molecule has 0 unspecified atom stereocenters. The molecule has 2 fully saturated rings. The van der Waals surface area contributed by atoms with Crippen molar-refractivity contribution in [1.29, 1.82) is 0 Å². The summed E-state index contributed by atoms with van der Waals surface area (Å²) < 4.78 is 0. The number of carbonyl (C=O) groups excluding carboxylic acids is 2. The molecular weight excluding hydrogens is 264 g/mol. The molecule has 0 atom stereocenters. The summed E-state index contributed by atoms with van der Waals surface area (Å²) in [5.41, 5.74) is -0.199. The fourth-order valence-electron chi connectivity index (χ4n) is 4.61. The van der Waals surface area contributed by atoms with Crippen molar-refractivity contribution < 1.29 is 9.59 Å². The number of rotatable bonds is 5. The normalized spacial score (nSPS) is 22.9. The molecule has 0 spiro atoms. The summed E-state index contributed by atoms with van der Waals surface area (Å²) in [6.45, 7) is 2.20. The standard InChI is InChI=1S/C17H26N2O2/c1-17(14-8-4-2-5-9-14,15-10-6-3-7-11-15)16(18-12-20)19-13-21/h14-16H,2-11H2,1H3. The molecule has 2 saturated carbocycles. The zero-order valence-corrected chi connectivity index (χ0v) is 13.0. The lowest BCUT2D eigenvalue weighted by Crippen LogP contribution is -2.45. The average Bonchev–Trinajstić information content (AvgIpc) is 2.55. The van der Waals surface area contributed by atoms with E-state index in [1.165, 1.54) is 38.5 Å². The summed E-state index contributed by atoms with van der Waals surface area (Å²) in [7, 11) is 0. The van der Waals surface area contributed by atoms with Crippen LogP contribution in [-0.2, 0) is 9.59 Å². The van der Waals surface area contributed by atoms with E-state index >= 15 is 0 Å². The minimum absolute atomic E-state index is 0.199. The van der Waals surface area contributed by atoms with Crippen molar-refractivity contribution in [2.24, 2.45) is 27.2 Å². The van der Waals surface area contributed by atoms with Crippen molar-refractivity contribution in [3.63, 3.8) is 0 Å². The van der Waals surface area contributed by atoms with Gasteiger partial charge in [-0.2, -0.15) is 9.98 Å². The van der Waals surface area contributed by atoms with Gasteiger partial charge in [-0.15, -0.1) is 0 Å². The molecule has 0 aromatic heterocycles. The molecule has 0 N–H and O–H groups in total. The molecule has 0 aliphatic heterocycles. The first-order valence-electron chi connectivity index (χ1n) is 8.37. The molecule has 2 aliphatic rings. The van der Waals surface area contributed by atoms with Gasteiger partial charge in [-0.3, -0.25) is 0 Å². The van der Waals surface area contributed by atoms with Gasteiger partial charge >= 0.3 is 0 Å². The first-order valence-corrected chi connectivity index (χ1v) is 8.37. The molecule has 0 saturated heterocycles. The highest BCUT2D eigenvalue weighted by molar-refractivity contribution is 5.37. The van der Waals surface area contributed by atoms with Crippen LogP contribution in [0, 0.1) is 17.3 Å². The van der Waals surface area contributed by atoms with Crippen molar-refractivity contribution in [3.05, 3.63) is 0 Å². The summed E-state index contributed by atoms with van der Waals surface area (Å²) in [5, 5.41) is 0. The second kappa shape index (κ2) is 7.68. The zero-order chi connectivity index (χ0) is 15.1. The molecule has 0 bridgehead atoms. The Labute approximate surface area is 127 Å². The van der Waals surface area contributed by atoms with Crippen molar-refractivity contribution in [2.45, 2.75) is 77.3 Å². The minimum atomic E-state index is -0.598. The number of nitrogens with zero attached hydrogens (tertiary/aromatic N) is 2.